The first-order valence-corrected chi connectivity index (χ1v) is 11.6. The van der Waals surface area contributed by atoms with Gasteiger partial charge in [-0.25, -0.2) is 13.2 Å². The molecule has 7 nitrogen and oxygen atoms in total. The smallest absolute Gasteiger partial charge is 0.194 e. The van der Waals surface area contributed by atoms with Crippen molar-refractivity contribution in [2.75, 3.05) is 51.3 Å². The Bertz CT molecular complexity index is 1010. The van der Waals surface area contributed by atoms with E-state index in [1.165, 1.54) is 0 Å². The molecule has 35 heavy (non-hydrogen) atoms. The highest BCUT2D eigenvalue weighted by Crippen LogP contribution is 2.31. The summed E-state index contributed by atoms with van der Waals surface area (Å²) < 4.78 is 50.7. The number of ether oxygens (including phenoxy) is 2. The summed E-state index contributed by atoms with van der Waals surface area (Å²) in [5.41, 5.74) is -1.67. The Morgan fingerprint density at radius 1 is 1.00 bits per heavy atom. The minimum atomic E-state index is -1.72. The number of hydrogen-bond acceptors (Lipinski definition) is 7. The second-order valence-electron chi connectivity index (χ2n) is 9.52. The van der Waals surface area contributed by atoms with Gasteiger partial charge in [0.1, 0.15) is 23.7 Å². The summed E-state index contributed by atoms with van der Waals surface area (Å²) in [6.45, 7) is 1.61. The fraction of sp³-hybridized carbons (Fsp3) is 0.520. The van der Waals surface area contributed by atoms with Crippen molar-refractivity contribution in [1.29, 1.82) is 0 Å². The Hall–Kier alpha value is -2.53. The number of benzene rings is 2. The minimum absolute atomic E-state index is 0.00222. The predicted octanol–water partition coefficient (Wildman–Crippen LogP) is 2.32. The van der Waals surface area contributed by atoms with Crippen LogP contribution in [0.2, 0.25) is 0 Å². The van der Waals surface area contributed by atoms with Crippen LogP contribution in [0.25, 0.3) is 0 Å². The van der Waals surface area contributed by atoms with Crippen LogP contribution in [0, 0.1) is 17.5 Å². The lowest BCUT2D eigenvalue weighted by Crippen LogP contribution is -2.62. The highest BCUT2D eigenvalue weighted by atomic mass is 19.2. The molecule has 2 saturated heterocycles. The van der Waals surface area contributed by atoms with Gasteiger partial charge >= 0.3 is 0 Å². The van der Waals surface area contributed by atoms with Crippen LogP contribution < -0.4 is 14.4 Å². The van der Waals surface area contributed by atoms with Crippen LogP contribution in [0.15, 0.2) is 36.4 Å². The number of anilines is 1. The van der Waals surface area contributed by atoms with E-state index in [2.05, 4.69) is 4.90 Å². The summed E-state index contributed by atoms with van der Waals surface area (Å²) in [5.74, 6) is -3.93. The molecule has 192 valence electrons. The van der Waals surface area contributed by atoms with E-state index in [4.69, 9.17) is 9.47 Å². The first-order chi connectivity index (χ1) is 16.6. The zero-order valence-electron chi connectivity index (χ0n) is 19.6. The second-order valence-corrected chi connectivity index (χ2v) is 9.52. The first kappa shape index (κ1) is 25.6. The number of rotatable bonds is 7. The summed E-state index contributed by atoms with van der Waals surface area (Å²) in [4.78, 5) is 4.05. The Balaban J connectivity index is 1.35. The van der Waals surface area contributed by atoms with E-state index < -0.39 is 41.4 Å². The van der Waals surface area contributed by atoms with Gasteiger partial charge in [0, 0.05) is 56.6 Å². The molecule has 0 bridgehead atoms. The van der Waals surface area contributed by atoms with Crippen LogP contribution in [-0.4, -0.2) is 84.0 Å². The van der Waals surface area contributed by atoms with Crippen molar-refractivity contribution in [2.24, 2.45) is 0 Å². The third kappa shape index (κ3) is 5.83. The lowest BCUT2D eigenvalue weighted by molar-refractivity contribution is -0.149. The molecule has 0 amide bonds. The van der Waals surface area contributed by atoms with Crippen LogP contribution in [0.4, 0.5) is 18.9 Å². The number of aliphatic hydroxyl groups excluding tert-OH is 1. The molecule has 3 N–H and O–H groups in total. The maximum atomic E-state index is 13.5. The number of aliphatic hydroxyl groups is 3. The molecule has 0 radical (unpaired) electrons. The zero-order valence-corrected chi connectivity index (χ0v) is 19.6. The molecule has 2 aromatic carbocycles. The third-order valence-corrected chi connectivity index (χ3v) is 6.91. The molecule has 2 aromatic rings. The molecule has 2 fully saturated rings. The van der Waals surface area contributed by atoms with Gasteiger partial charge in [0.2, 0.25) is 0 Å². The van der Waals surface area contributed by atoms with Crippen molar-refractivity contribution >= 4 is 5.69 Å². The molecule has 0 aromatic heterocycles. The summed E-state index contributed by atoms with van der Waals surface area (Å²) in [6, 6.07) is 9.13. The SMILES string of the molecule is COc1cccc(N2CCC(O)(CN3CC[C@H](O)[C@@](O)(COc4cc(F)c(F)c(F)c4)C3)CC2)c1. The van der Waals surface area contributed by atoms with Crippen molar-refractivity contribution in [3.63, 3.8) is 0 Å². The van der Waals surface area contributed by atoms with Crippen molar-refractivity contribution in [3.05, 3.63) is 53.8 Å². The van der Waals surface area contributed by atoms with Crippen LogP contribution in [0.5, 0.6) is 11.5 Å². The monoisotopic (exact) mass is 496 g/mol. The van der Waals surface area contributed by atoms with Crippen LogP contribution in [-0.2, 0) is 0 Å². The van der Waals surface area contributed by atoms with E-state index in [1.54, 1.807) is 7.11 Å². The van der Waals surface area contributed by atoms with Crippen molar-refractivity contribution in [1.82, 2.24) is 4.90 Å². The number of piperidine rings is 2. The molecule has 0 spiro atoms. The number of hydrogen-bond donors (Lipinski definition) is 3. The van der Waals surface area contributed by atoms with E-state index in [9.17, 15) is 28.5 Å². The van der Waals surface area contributed by atoms with Crippen LogP contribution >= 0.6 is 0 Å². The molecule has 0 unspecified atom stereocenters. The first-order valence-electron chi connectivity index (χ1n) is 11.6. The van der Waals surface area contributed by atoms with E-state index in [0.717, 1.165) is 11.4 Å². The second kappa shape index (κ2) is 10.2. The third-order valence-electron chi connectivity index (χ3n) is 6.91. The van der Waals surface area contributed by atoms with Gasteiger partial charge in [-0.2, -0.15) is 0 Å². The highest BCUT2D eigenvalue weighted by molar-refractivity contribution is 5.51. The fourth-order valence-corrected chi connectivity index (χ4v) is 4.81. The van der Waals surface area contributed by atoms with Crippen molar-refractivity contribution in [3.8, 4) is 11.5 Å². The molecule has 2 heterocycles. The van der Waals surface area contributed by atoms with Gasteiger partial charge in [0.05, 0.1) is 18.8 Å². The van der Waals surface area contributed by atoms with Gasteiger partial charge in [-0.05, 0) is 31.4 Å². The van der Waals surface area contributed by atoms with E-state index >= 15 is 0 Å². The molecule has 2 aliphatic rings. The number of β-amino-alcohol motifs (C(OH)–C–C–N with tert-alkyl or cyclic N) is 2. The summed E-state index contributed by atoms with van der Waals surface area (Å²) >= 11 is 0. The number of methoxy groups -OCH3 is 1. The van der Waals surface area contributed by atoms with Gasteiger partial charge in [-0.15, -0.1) is 0 Å². The fourth-order valence-electron chi connectivity index (χ4n) is 4.81. The molecule has 0 saturated carbocycles. The Morgan fingerprint density at radius 3 is 2.34 bits per heavy atom. The van der Waals surface area contributed by atoms with Gasteiger partial charge in [0.25, 0.3) is 0 Å². The molecular weight excluding hydrogens is 465 g/mol. The lowest BCUT2D eigenvalue weighted by atomic mass is 9.86. The molecule has 2 atom stereocenters. The molecule has 0 aliphatic carbocycles. The maximum absolute atomic E-state index is 13.5. The highest BCUT2D eigenvalue weighted by Gasteiger charge is 2.44. The number of nitrogens with zero attached hydrogens (tertiary/aromatic N) is 2. The summed E-state index contributed by atoms with van der Waals surface area (Å²) in [6.07, 6.45) is 0.148. The molecule has 10 heteroatoms. The lowest BCUT2D eigenvalue weighted by Gasteiger charge is -2.46. The van der Waals surface area contributed by atoms with E-state index in [0.29, 0.717) is 51.2 Å². The molecule has 2 aliphatic heterocycles. The average Bonchev–Trinajstić information content (AvgIpc) is 2.84. The van der Waals surface area contributed by atoms with Crippen LogP contribution in [0.3, 0.4) is 0 Å². The standard InChI is InChI=1S/C25H31F3N2O5/c1-34-18-4-2-3-17(11-18)30-9-6-24(32,7-10-30)14-29-8-5-22(31)25(33,15-29)16-35-19-12-20(26)23(28)21(27)13-19/h2-4,11-13,22,31-33H,5-10,14-16H2,1H3/t22-,25-/m0/s1. The van der Waals surface area contributed by atoms with Gasteiger partial charge < -0.3 is 29.7 Å². The Morgan fingerprint density at radius 2 is 1.69 bits per heavy atom. The van der Waals surface area contributed by atoms with Gasteiger partial charge in [-0.3, -0.25) is 4.90 Å². The minimum Gasteiger partial charge on any atom is -0.497 e. The molecular formula is C25H31F3N2O5. The summed E-state index contributed by atoms with van der Waals surface area (Å²) in [7, 11) is 1.62. The van der Waals surface area contributed by atoms with E-state index in [1.807, 2.05) is 29.2 Å². The molecule has 4 rings (SSSR count). The van der Waals surface area contributed by atoms with Crippen molar-refractivity contribution < 1.29 is 38.0 Å². The maximum Gasteiger partial charge on any atom is 0.194 e. The zero-order chi connectivity index (χ0) is 25.2. The van der Waals surface area contributed by atoms with Gasteiger partial charge in [-0.1, -0.05) is 6.07 Å². The Labute approximate surface area is 202 Å². The van der Waals surface area contributed by atoms with Gasteiger partial charge in [0.15, 0.2) is 17.5 Å². The number of likely N-dealkylation sites (tertiary alicyclic amines) is 1. The van der Waals surface area contributed by atoms with Crippen LogP contribution in [0.1, 0.15) is 19.3 Å². The normalized spacial score (nSPS) is 24.9. The van der Waals surface area contributed by atoms with E-state index in [-0.39, 0.29) is 18.7 Å². The quantitative estimate of drug-likeness (QED) is 0.508. The average molecular weight is 497 g/mol. The number of halogens is 3. The predicted molar refractivity (Wildman–Crippen MR) is 123 cm³/mol. The van der Waals surface area contributed by atoms with Crippen molar-refractivity contribution in [2.45, 2.75) is 36.6 Å². The summed E-state index contributed by atoms with van der Waals surface area (Å²) in [5, 5.41) is 32.7. The largest absolute Gasteiger partial charge is 0.497 e. The Kier molecular flexibility index (Phi) is 7.46. The topological polar surface area (TPSA) is 85.6 Å².